The van der Waals surface area contributed by atoms with Crippen LogP contribution in [0.25, 0.3) is 0 Å². The molecule has 29 heavy (non-hydrogen) atoms. The summed E-state index contributed by atoms with van der Waals surface area (Å²) in [4.78, 5) is 23.5. The van der Waals surface area contributed by atoms with E-state index in [0.29, 0.717) is 25.0 Å². The molecule has 0 radical (unpaired) electrons. The van der Waals surface area contributed by atoms with Crippen molar-refractivity contribution in [2.45, 2.75) is 91.9 Å². The molecule has 0 aliphatic carbocycles. The number of carbonyl (C=O) groups is 2. The average molecular weight is 449 g/mol. The van der Waals surface area contributed by atoms with Crippen LogP contribution in [0.5, 0.6) is 0 Å². The van der Waals surface area contributed by atoms with Gasteiger partial charge in [0.15, 0.2) is 0 Å². The first-order chi connectivity index (χ1) is 13.3. The van der Waals surface area contributed by atoms with Gasteiger partial charge in [0.25, 0.3) is 11.0 Å². The van der Waals surface area contributed by atoms with Crippen molar-refractivity contribution in [2.24, 2.45) is 11.8 Å². The van der Waals surface area contributed by atoms with E-state index in [1.165, 1.54) is 12.8 Å². The second-order valence-corrected chi connectivity index (χ2v) is 7.41. The summed E-state index contributed by atoms with van der Waals surface area (Å²) in [6.45, 7) is 9.51. The van der Waals surface area contributed by atoms with Gasteiger partial charge in [0, 0.05) is 0 Å². The molecule has 0 amide bonds. The quantitative estimate of drug-likeness (QED) is 0.170. The van der Waals surface area contributed by atoms with Crippen molar-refractivity contribution in [3.05, 3.63) is 0 Å². The SMILES string of the molecule is CCCCC(CC)COC(=O)CCC(=O)OCC(CC)CCCC.O=[SH](=O)O.[NaH]. The summed E-state index contributed by atoms with van der Waals surface area (Å²) in [7, 11) is -3.12. The molecular formula is C20H41NaO7S. The fraction of sp³-hybridized carbons (Fsp3) is 0.900. The van der Waals surface area contributed by atoms with E-state index in [9.17, 15) is 9.59 Å². The monoisotopic (exact) mass is 448 g/mol. The Morgan fingerprint density at radius 2 is 1.10 bits per heavy atom. The Balaban J connectivity index is -0.00000123. The number of rotatable bonds is 15. The molecule has 0 saturated carbocycles. The number of carbonyl (C=O) groups excluding carboxylic acids is 2. The van der Waals surface area contributed by atoms with Crippen LogP contribution in [0.2, 0.25) is 0 Å². The molecule has 2 unspecified atom stereocenters. The molecule has 0 rings (SSSR count). The molecule has 0 aliphatic rings. The predicted octanol–water partition coefficient (Wildman–Crippen LogP) is 3.71. The van der Waals surface area contributed by atoms with Crippen molar-refractivity contribution >= 4 is 52.5 Å². The second kappa shape index (κ2) is 24.1. The Bertz CT molecular complexity index is 430. The van der Waals surface area contributed by atoms with Crippen LogP contribution in [0, 0.1) is 11.8 Å². The van der Waals surface area contributed by atoms with E-state index in [1.54, 1.807) is 0 Å². The molecule has 0 fully saturated rings. The van der Waals surface area contributed by atoms with Gasteiger partial charge in [0.1, 0.15) is 0 Å². The molecule has 0 saturated heterocycles. The van der Waals surface area contributed by atoms with Crippen molar-refractivity contribution in [3.8, 4) is 0 Å². The van der Waals surface area contributed by atoms with Gasteiger partial charge in [-0.1, -0.05) is 66.2 Å². The third-order valence-electron chi connectivity index (χ3n) is 4.58. The van der Waals surface area contributed by atoms with Gasteiger partial charge in [-0.2, -0.15) is 0 Å². The van der Waals surface area contributed by atoms with Gasteiger partial charge in [-0.15, -0.1) is 0 Å². The average Bonchev–Trinajstić information content (AvgIpc) is 2.66. The summed E-state index contributed by atoms with van der Waals surface area (Å²) in [5.74, 6) is 0.286. The van der Waals surface area contributed by atoms with Crippen LogP contribution in [0.4, 0.5) is 0 Å². The number of hydrogen-bond donors (Lipinski definition) is 2. The molecule has 0 aromatic heterocycles. The van der Waals surface area contributed by atoms with Gasteiger partial charge in [-0.25, -0.2) is 8.42 Å². The zero-order valence-electron chi connectivity index (χ0n) is 18.0. The Hall–Kier alpha value is -0.150. The molecule has 0 spiro atoms. The number of esters is 2. The zero-order valence-corrected chi connectivity index (χ0v) is 18.9. The van der Waals surface area contributed by atoms with E-state index in [2.05, 4.69) is 27.7 Å². The maximum absolute atomic E-state index is 11.7. The van der Waals surface area contributed by atoms with Crippen molar-refractivity contribution in [1.82, 2.24) is 0 Å². The van der Waals surface area contributed by atoms with Crippen LogP contribution in [0.1, 0.15) is 91.9 Å². The third kappa shape index (κ3) is 25.8. The van der Waals surface area contributed by atoms with Gasteiger partial charge in [-0.05, 0) is 24.7 Å². The number of thiol groups is 1. The van der Waals surface area contributed by atoms with Crippen molar-refractivity contribution in [2.75, 3.05) is 13.2 Å². The van der Waals surface area contributed by atoms with Crippen LogP contribution in [-0.4, -0.2) is 67.7 Å². The molecule has 2 atom stereocenters. The predicted molar refractivity (Wildman–Crippen MR) is 118 cm³/mol. The summed E-state index contributed by atoms with van der Waals surface area (Å²) in [5.41, 5.74) is 0. The van der Waals surface area contributed by atoms with E-state index in [0.717, 1.165) is 38.5 Å². The van der Waals surface area contributed by atoms with E-state index in [-0.39, 0.29) is 54.3 Å². The van der Waals surface area contributed by atoms with Crippen LogP contribution >= 0.6 is 0 Å². The summed E-state index contributed by atoms with van der Waals surface area (Å²) in [6.07, 6.45) is 9.12. The molecule has 0 aromatic rings. The minimum atomic E-state index is -3.12. The summed E-state index contributed by atoms with van der Waals surface area (Å²) >= 11 is 0. The van der Waals surface area contributed by atoms with Gasteiger partial charge in [0.05, 0.1) is 26.1 Å². The molecule has 0 bridgehead atoms. The van der Waals surface area contributed by atoms with E-state index in [1.807, 2.05) is 0 Å². The Kier molecular flexibility index (Phi) is 27.9. The summed E-state index contributed by atoms with van der Waals surface area (Å²) in [5, 5.41) is 0. The fourth-order valence-electron chi connectivity index (χ4n) is 2.57. The first-order valence-electron chi connectivity index (χ1n) is 10.4. The Morgan fingerprint density at radius 1 is 0.793 bits per heavy atom. The molecule has 0 heterocycles. The first-order valence-corrected chi connectivity index (χ1v) is 11.6. The fourth-order valence-corrected chi connectivity index (χ4v) is 2.57. The van der Waals surface area contributed by atoms with Gasteiger partial charge in [0.2, 0.25) is 0 Å². The summed E-state index contributed by atoms with van der Waals surface area (Å²) < 4.78 is 34.8. The van der Waals surface area contributed by atoms with Gasteiger partial charge in [-0.3, -0.25) is 14.1 Å². The van der Waals surface area contributed by atoms with E-state index in [4.69, 9.17) is 22.4 Å². The van der Waals surface area contributed by atoms with Crippen molar-refractivity contribution in [3.63, 3.8) is 0 Å². The van der Waals surface area contributed by atoms with Gasteiger partial charge < -0.3 is 9.47 Å². The zero-order chi connectivity index (χ0) is 21.8. The second-order valence-electron chi connectivity index (χ2n) is 6.94. The van der Waals surface area contributed by atoms with Crippen molar-refractivity contribution < 1.29 is 32.0 Å². The van der Waals surface area contributed by atoms with Crippen LogP contribution in [0.15, 0.2) is 0 Å². The van der Waals surface area contributed by atoms with E-state index < -0.39 is 11.0 Å². The van der Waals surface area contributed by atoms with Crippen LogP contribution < -0.4 is 0 Å². The Labute approximate surface area is 200 Å². The number of ether oxygens (including phenoxy) is 2. The minimum absolute atomic E-state index is 0. The molecule has 1 N–H and O–H groups in total. The van der Waals surface area contributed by atoms with Crippen LogP contribution in [0.3, 0.4) is 0 Å². The van der Waals surface area contributed by atoms with Crippen LogP contribution in [-0.2, 0) is 30.0 Å². The normalized spacial score (nSPS) is 12.2. The topological polar surface area (TPSA) is 107 Å². The summed E-state index contributed by atoms with van der Waals surface area (Å²) in [6, 6.07) is 0. The molecule has 0 aromatic carbocycles. The number of hydrogen-bond acceptors (Lipinski definition) is 6. The molecule has 170 valence electrons. The maximum atomic E-state index is 11.7. The first kappa shape index (κ1) is 33.5. The van der Waals surface area contributed by atoms with Gasteiger partial charge >= 0.3 is 41.5 Å². The van der Waals surface area contributed by atoms with E-state index >= 15 is 0 Å². The molecule has 9 heteroatoms. The number of unbranched alkanes of at least 4 members (excludes halogenated alkanes) is 2. The molecule has 7 nitrogen and oxygen atoms in total. The third-order valence-corrected chi connectivity index (χ3v) is 4.58. The molecular weight excluding hydrogens is 407 g/mol. The Morgan fingerprint density at radius 3 is 1.34 bits per heavy atom. The van der Waals surface area contributed by atoms with Crippen molar-refractivity contribution in [1.29, 1.82) is 0 Å². The molecule has 0 aliphatic heterocycles. The standard InChI is InChI=1S/C20H38O4.Na.H2O3S.H/c1-5-9-11-17(7-3)15-23-19(21)13-14-20(22)24-16-18(8-4)12-10-6-2;;1-4(2)3;/h17-18H,5-16H2,1-4H3;;4H,(H,1,2,3);.